The summed E-state index contributed by atoms with van der Waals surface area (Å²) in [5, 5.41) is 19.1. The number of hydrogen-bond acceptors (Lipinski definition) is 4. The highest BCUT2D eigenvalue weighted by Crippen LogP contribution is 2.35. The quantitative estimate of drug-likeness (QED) is 0.837. The molecular formula is C13H20N4O3. The van der Waals surface area contributed by atoms with E-state index < -0.39 is 5.97 Å². The normalized spacial score (nSPS) is 17.6. The third kappa shape index (κ3) is 3.55. The average Bonchev–Trinajstić information content (AvgIpc) is 2.83. The first-order valence-corrected chi connectivity index (χ1v) is 6.89. The lowest BCUT2D eigenvalue weighted by molar-refractivity contribution is -0.138. The van der Waals surface area contributed by atoms with E-state index in [9.17, 15) is 9.59 Å². The molecule has 0 spiro atoms. The van der Waals surface area contributed by atoms with Crippen LogP contribution in [-0.4, -0.2) is 32.0 Å². The van der Waals surface area contributed by atoms with Crippen LogP contribution in [0, 0.1) is 5.41 Å². The van der Waals surface area contributed by atoms with E-state index in [1.165, 1.54) is 17.3 Å². The van der Waals surface area contributed by atoms with Crippen molar-refractivity contribution in [1.29, 1.82) is 0 Å². The monoisotopic (exact) mass is 280 g/mol. The Kier molecular flexibility index (Phi) is 4.36. The lowest BCUT2D eigenvalue weighted by Crippen LogP contribution is -2.39. The standard InChI is InChI=1S/C13H20N4O3/c1-13(5-3-2-4-6-13)12(20)14-7-10-8-17(16-15-10)9-11(18)19/h8H,2-7,9H2,1H3,(H,14,20)(H,18,19). The van der Waals surface area contributed by atoms with Gasteiger partial charge in [-0.3, -0.25) is 9.59 Å². The maximum absolute atomic E-state index is 12.2. The Morgan fingerprint density at radius 2 is 2.10 bits per heavy atom. The highest BCUT2D eigenvalue weighted by atomic mass is 16.4. The van der Waals surface area contributed by atoms with E-state index in [4.69, 9.17) is 5.11 Å². The molecule has 1 aromatic rings. The molecule has 1 aliphatic rings. The molecular weight excluding hydrogens is 260 g/mol. The predicted molar refractivity (Wildman–Crippen MR) is 70.7 cm³/mol. The van der Waals surface area contributed by atoms with Crippen molar-refractivity contribution in [3.05, 3.63) is 11.9 Å². The summed E-state index contributed by atoms with van der Waals surface area (Å²) in [6.45, 7) is 2.06. The summed E-state index contributed by atoms with van der Waals surface area (Å²) < 4.78 is 1.24. The molecule has 1 aromatic heterocycles. The zero-order valence-corrected chi connectivity index (χ0v) is 11.6. The van der Waals surface area contributed by atoms with Crippen LogP contribution in [0.3, 0.4) is 0 Å². The molecule has 110 valence electrons. The Balaban J connectivity index is 1.86. The Labute approximate surface area is 117 Å². The molecule has 1 saturated carbocycles. The minimum absolute atomic E-state index is 0.0463. The molecule has 7 heteroatoms. The van der Waals surface area contributed by atoms with Crippen molar-refractivity contribution < 1.29 is 14.7 Å². The Morgan fingerprint density at radius 1 is 1.40 bits per heavy atom. The second-order valence-corrected chi connectivity index (χ2v) is 5.61. The molecule has 1 amide bonds. The number of carboxylic acid groups (broad SMARTS) is 1. The third-order valence-electron chi connectivity index (χ3n) is 3.82. The fraction of sp³-hybridized carbons (Fsp3) is 0.692. The Bertz CT molecular complexity index is 492. The first kappa shape index (κ1) is 14.5. The highest BCUT2D eigenvalue weighted by Gasteiger charge is 2.34. The van der Waals surface area contributed by atoms with Gasteiger partial charge in [-0.15, -0.1) is 5.10 Å². The lowest BCUT2D eigenvalue weighted by Gasteiger charge is -2.31. The zero-order valence-electron chi connectivity index (χ0n) is 11.6. The van der Waals surface area contributed by atoms with Crippen LogP contribution in [0.2, 0.25) is 0 Å². The molecule has 0 atom stereocenters. The molecule has 7 nitrogen and oxygen atoms in total. The molecule has 0 unspecified atom stereocenters. The SMILES string of the molecule is CC1(C(=O)NCc2cn(CC(=O)O)nn2)CCCCC1. The summed E-state index contributed by atoms with van der Waals surface area (Å²) in [6, 6.07) is 0. The van der Waals surface area contributed by atoms with Gasteiger partial charge in [-0.05, 0) is 12.8 Å². The maximum atomic E-state index is 12.2. The van der Waals surface area contributed by atoms with Gasteiger partial charge in [0.25, 0.3) is 0 Å². The van der Waals surface area contributed by atoms with Crippen LogP contribution < -0.4 is 5.32 Å². The predicted octanol–water partition coefficient (Wildman–Crippen LogP) is 0.949. The molecule has 1 heterocycles. The van der Waals surface area contributed by atoms with Crippen LogP contribution in [0.4, 0.5) is 0 Å². The van der Waals surface area contributed by atoms with Crippen LogP contribution in [0.25, 0.3) is 0 Å². The van der Waals surface area contributed by atoms with Gasteiger partial charge in [0, 0.05) is 5.41 Å². The van der Waals surface area contributed by atoms with Gasteiger partial charge >= 0.3 is 5.97 Å². The minimum atomic E-state index is -0.972. The van der Waals surface area contributed by atoms with Crippen LogP contribution in [0.5, 0.6) is 0 Å². The van der Waals surface area contributed by atoms with E-state index in [0.717, 1.165) is 25.7 Å². The molecule has 20 heavy (non-hydrogen) atoms. The van der Waals surface area contributed by atoms with Crippen LogP contribution in [-0.2, 0) is 22.7 Å². The molecule has 0 aliphatic heterocycles. The molecule has 0 saturated heterocycles. The van der Waals surface area contributed by atoms with Gasteiger partial charge in [0.1, 0.15) is 12.2 Å². The number of nitrogens with zero attached hydrogens (tertiary/aromatic N) is 3. The fourth-order valence-corrected chi connectivity index (χ4v) is 2.58. The van der Waals surface area contributed by atoms with E-state index in [1.54, 1.807) is 0 Å². The topological polar surface area (TPSA) is 97.1 Å². The summed E-state index contributed by atoms with van der Waals surface area (Å²) in [5.74, 6) is -0.926. The van der Waals surface area contributed by atoms with E-state index in [1.807, 2.05) is 6.92 Å². The third-order valence-corrected chi connectivity index (χ3v) is 3.82. The van der Waals surface area contributed by atoms with E-state index in [0.29, 0.717) is 5.69 Å². The van der Waals surface area contributed by atoms with Gasteiger partial charge in [-0.2, -0.15) is 0 Å². The van der Waals surface area contributed by atoms with Gasteiger partial charge in [-0.25, -0.2) is 4.68 Å². The molecule has 2 rings (SSSR count). The first-order chi connectivity index (χ1) is 9.49. The second-order valence-electron chi connectivity index (χ2n) is 5.61. The van der Waals surface area contributed by atoms with Crippen LogP contribution >= 0.6 is 0 Å². The van der Waals surface area contributed by atoms with Gasteiger partial charge in [0.2, 0.25) is 5.91 Å². The molecule has 0 aromatic carbocycles. The van der Waals surface area contributed by atoms with Crippen molar-refractivity contribution in [1.82, 2.24) is 20.3 Å². The summed E-state index contributed by atoms with van der Waals surface area (Å²) >= 11 is 0. The molecule has 1 aliphatic carbocycles. The van der Waals surface area contributed by atoms with Gasteiger partial charge in [0.15, 0.2) is 0 Å². The van der Waals surface area contributed by atoms with Crippen LogP contribution in [0.15, 0.2) is 6.20 Å². The minimum Gasteiger partial charge on any atom is -0.480 e. The second kappa shape index (κ2) is 6.02. The summed E-state index contributed by atoms with van der Waals surface area (Å²) in [6.07, 6.45) is 6.77. The molecule has 1 fully saturated rings. The first-order valence-electron chi connectivity index (χ1n) is 6.89. The van der Waals surface area contributed by atoms with Crippen molar-refractivity contribution >= 4 is 11.9 Å². The summed E-state index contributed by atoms with van der Waals surface area (Å²) in [5.41, 5.74) is 0.286. The van der Waals surface area contributed by atoms with Crippen LogP contribution in [0.1, 0.15) is 44.7 Å². The number of carbonyl (C=O) groups is 2. The number of carbonyl (C=O) groups excluding carboxylic acids is 1. The number of carboxylic acids is 1. The summed E-state index contributed by atoms with van der Waals surface area (Å²) in [4.78, 5) is 22.8. The molecule has 2 N–H and O–H groups in total. The number of hydrogen-bond donors (Lipinski definition) is 2. The largest absolute Gasteiger partial charge is 0.480 e. The Hall–Kier alpha value is -1.92. The number of aromatic nitrogens is 3. The number of aliphatic carboxylic acids is 1. The van der Waals surface area contributed by atoms with Crippen molar-refractivity contribution in [2.45, 2.75) is 52.1 Å². The molecule has 0 radical (unpaired) electrons. The van der Waals surface area contributed by atoms with Crippen molar-refractivity contribution in [2.24, 2.45) is 5.41 Å². The van der Waals surface area contributed by atoms with Crippen molar-refractivity contribution in [2.75, 3.05) is 0 Å². The maximum Gasteiger partial charge on any atom is 0.325 e. The average molecular weight is 280 g/mol. The van der Waals surface area contributed by atoms with Gasteiger partial charge < -0.3 is 10.4 Å². The molecule has 0 bridgehead atoms. The van der Waals surface area contributed by atoms with E-state index in [2.05, 4.69) is 15.6 Å². The fourth-order valence-electron chi connectivity index (χ4n) is 2.58. The number of amides is 1. The van der Waals surface area contributed by atoms with Crippen molar-refractivity contribution in [3.63, 3.8) is 0 Å². The zero-order chi connectivity index (χ0) is 14.6. The smallest absolute Gasteiger partial charge is 0.325 e. The summed E-state index contributed by atoms with van der Waals surface area (Å²) in [7, 11) is 0. The lowest BCUT2D eigenvalue weighted by atomic mass is 9.75. The highest BCUT2D eigenvalue weighted by molar-refractivity contribution is 5.82. The van der Waals surface area contributed by atoms with Crippen molar-refractivity contribution in [3.8, 4) is 0 Å². The number of nitrogens with one attached hydrogen (secondary N) is 1. The van der Waals surface area contributed by atoms with Gasteiger partial charge in [-0.1, -0.05) is 31.4 Å². The van der Waals surface area contributed by atoms with E-state index >= 15 is 0 Å². The Morgan fingerprint density at radius 3 is 2.75 bits per heavy atom. The van der Waals surface area contributed by atoms with E-state index in [-0.39, 0.29) is 24.4 Å². The number of rotatable bonds is 5. The van der Waals surface area contributed by atoms with Gasteiger partial charge in [0.05, 0.1) is 12.7 Å².